The number of aliphatic carboxylic acids is 1. The Morgan fingerprint density at radius 2 is 1.10 bits per heavy atom. The van der Waals surface area contributed by atoms with Crippen LogP contribution in [0, 0.1) is 45.0 Å². The molecule has 0 aliphatic carbocycles. The molecule has 0 fully saturated rings. The van der Waals surface area contributed by atoms with Crippen LogP contribution < -0.4 is 21.3 Å². The summed E-state index contributed by atoms with van der Waals surface area (Å²) >= 11 is 5.79. The van der Waals surface area contributed by atoms with Gasteiger partial charge in [-0.05, 0) is 124 Å². The average Bonchev–Trinajstić information content (AvgIpc) is 3.28. The van der Waals surface area contributed by atoms with E-state index in [2.05, 4.69) is 20.0 Å². The number of rotatable bonds is 17. The van der Waals surface area contributed by atoms with E-state index in [1.807, 2.05) is 86.6 Å². The molecule has 3 amide bonds. The topological polar surface area (TPSA) is 239 Å². The van der Waals surface area contributed by atoms with Crippen molar-refractivity contribution in [3.63, 3.8) is 0 Å². The molecule has 0 unspecified atom stereocenters. The number of hydrogen-bond acceptors (Lipinski definition) is 13. The van der Waals surface area contributed by atoms with Gasteiger partial charge in [0, 0.05) is 75.9 Å². The van der Waals surface area contributed by atoms with Crippen molar-refractivity contribution in [2.24, 2.45) is 0 Å². The number of carbonyl (C=O) groups excluding carboxylic acids is 5. The summed E-state index contributed by atoms with van der Waals surface area (Å²) in [6, 6.07) is 25.4. The number of carbonyl (C=O) groups is 6. The number of amides is 3. The SMILES string of the molecule is C.COC(=O)[C@@H](Cl)Cc1ccccc1.COC(=O)[C@H](Cc1ccccc1)NC(=O)CCCN(C(=O)OC(C)(C)C)c1cc(C)ccn1.Cc1ccnc(N(CCCC(=O)O)C(=O)OC(C)(C)C)c1.N.[3H][B][3H].[U]. The fourth-order valence-electron chi connectivity index (χ4n) is 5.84. The molecule has 0 aliphatic heterocycles. The number of pyridine rings is 2. The molecule has 17 nitrogen and oxygen atoms in total. The number of methoxy groups -OCH3 is 2. The van der Waals surface area contributed by atoms with Gasteiger partial charge in [0.2, 0.25) is 5.91 Å². The van der Waals surface area contributed by atoms with Crippen LogP contribution in [-0.4, -0.2) is 112 Å². The molecule has 2 aromatic heterocycles. The van der Waals surface area contributed by atoms with Crippen LogP contribution in [-0.2, 0) is 51.0 Å². The van der Waals surface area contributed by atoms with E-state index in [-0.39, 0.29) is 82.5 Å². The van der Waals surface area contributed by atoms with Crippen LogP contribution in [0.3, 0.4) is 0 Å². The Bertz CT molecular complexity index is 2230. The quantitative estimate of drug-likeness (QED) is 0.0388. The molecule has 20 heteroatoms. The maximum Gasteiger partial charge on any atom is 0.416 e. The number of alkyl halides is 1. The molecule has 4 aromatic rings. The molecule has 4 rings (SSSR count). The molecule has 5 N–H and O–H groups in total. The normalized spacial score (nSPS) is 11.3. The van der Waals surface area contributed by atoms with Crippen LogP contribution in [0.4, 0.5) is 21.2 Å². The van der Waals surface area contributed by atoms with Gasteiger partial charge in [-0.3, -0.25) is 24.2 Å². The molecule has 0 saturated carbocycles. The van der Waals surface area contributed by atoms with Crippen molar-refractivity contribution in [1.29, 1.82) is 2.67 Å². The van der Waals surface area contributed by atoms with Crippen molar-refractivity contribution in [3.05, 3.63) is 120 Å². The third kappa shape index (κ3) is 29.5. The van der Waals surface area contributed by atoms with Crippen molar-refractivity contribution in [2.45, 2.75) is 124 Å². The Hall–Kier alpha value is -5.47. The van der Waals surface area contributed by atoms with E-state index in [0.717, 1.165) is 22.3 Å². The number of aromatic nitrogens is 2. The molecule has 1 radical (unpaired) electrons. The molecular formula is C51H75BClN6O11U. The molecular weight excluding hydrogens is 1160 g/mol. The van der Waals surface area contributed by atoms with Gasteiger partial charge in [-0.2, -0.15) is 0 Å². The number of ether oxygens (including phenoxy) is 4. The van der Waals surface area contributed by atoms with Crippen molar-refractivity contribution in [2.75, 3.05) is 37.1 Å². The number of carboxylic acid groups (broad SMARTS) is 1. The van der Waals surface area contributed by atoms with Gasteiger partial charge >= 0.3 is 30.1 Å². The Kier molecular flexibility index (Phi) is 32.9. The Balaban J connectivity index is -0.00000105. The molecule has 389 valence electrons. The van der Waals surface area contributed by atoms with Crippen molar-refractivity contribution in [3.8, 4) is 0 Å². The van der Waals surface area contributed by atoms with Crippen LogP contribution >= 0.6 is 11.6 Å². The number of halogens is 1. The maximum absolute atomic E-state index is 12.8. The Morgan fingerprint density at radius 3 is 1.46 bits per heavy atom. The summed E-state index contributed by atoms with van der Waals surface area (Å²) in [6.07, 6.45) is 3.83. The monoisotopic (exact) mass is 1240 g/mol. The van der Waals surface area contributed by atoms with Crippen LogP contribution in [0.15, 0.2) is 97.3 Å². The molecule has 0 bridgehead atoms. The van der Waals surface area contributed by atoms with Gasteiger partial charge in [0.05, 0.1) is 22.6 Å². The van der Waals surface area contributed by atoms with E-state index in [1.165, 1.54) is 24.0 Å². The number of carboxylic acids is 1. The fraction of sp³-hybridized carbons (Fsp3) is 0.451. The van der Waals surface area contributed by atoms with Crippen molar-refractivity contribution < 1.29 is 83.9 Å². The van der Waals surface area contributed by atoms with E-state index < -0.39 is 46.7 Å². The molecule has 0 spiro atoms. The summed E-state index contributed by atoms with van der Waals surface area (Å²) in [7, 11) is 3.13. The van der Waals surface area contributed by atoms with Crippen molar-refractivity contribution in [1.82, 2.24) is 21.4 Å². The third-order valence-corrected chi connectivity index (χ3v) is 9.29. The summed E-state index contributed by atoms with van der Waals surface area (Å²) in [5, 5.41) is 10.9. The second kappa shape index (κ2) is 35.6. The number of nitrogens with one attached hydrogen (secondary N) is 1. The molecule has 71 heavy (non-hydrogen) atoms. The predicted octanol–water partition coefficient (Wildman–Crippen LogP) is 8.70. The maximum atomic E-state index is 12.8. The first kappa shape index (κ1) is 65.5. The van der Waals surface area contributed by atoms with Gasteiger partial charge < -0.3 is 35.5 Å². The zero-order valence-corrected chi connectivity index (χ0v) is 46.9. The summed E-state index contributed by atoms with van der Waals surface area (Å²) in [6.45, 7) is 15.0. The summed E-state index contributed by atoms with van der Waals surface area (Å²) in [4.78, 5) is 82.6. The van der Waals surface area contributed by atoms with Gasteiger partial charge in [-0.25, -0.2) is 24.4 Å². The standard InChI is InChI=1S/C25H33N3O5.C15H22N2O4.C10H11ClO2.CH4.BH2.H3N.U/c1-18-13-14-26-21(16-18)28(24(31)33-25(2,3)4)15-9-12-22(29)27-20(23(30)32-5)17-19-10-7-6-8-11-19;1-11-7-8-16-12(10-11)17(9-5-6-13(18)19)14(20)21-15(2,3)4;1-13-10(12)9(11)7-8-5-3-2-4-6-8;;;;/h6-8,10-11,13-14,16,20H,9,12,15,17H2,1-5H3,(H,27,29);7-8,10H,5-6,9H2,1-4H3,(H,18,19);2-6,9H,7H2,1H3;1H4;1H2;1H3;/t20-;;9-;;;;/m0.0..../s1/i;;;;1T2;;. The van der Waals surface area contributed by atoms with E-state index >= 15 is 0 Å². The van der Waals surface area contributed by atoms with E-state index in [1.54, 1.807) is 66.1 Å². The van der Waals surface area contributed by atoms with Crippen LogP contribution in [0.25, 0.3) is 0 Å². The van der Waals surface area contributed by atoms with E-state index in [0.29, 0.717) is 45.7 Å². The van der Waals surface area contributed by atoms with Crippen molar-refractivity contribution >= 4 is 67.6 Å². The number of nitrogens with zero attached hydrogens (tertiary/aromatic N) is 4. The summed E-state index contributed by atoms with van der Waals surface area (Å²) in [5.74, 6) is -1.16. The first-order valence-electron chi connectivity index (χ1n) is 22.9. The molecule has 0 aliphatic rings. The van der Waals surface area contributed by atoms with Gasteiger partial charge in [0.15, 0.2) is 0 Å². The number of aryl methyl sites for hydroxylation is 2. The zero-order chi connectivity index (χ0) is 52.9. The summed E-state index contributed by atoms with van der Waals surface area (Å²) in [5.41, 5.74) is 2.58. The van der Waals surface area contributed by atoms with Gasteiger partial charge in [-0.15, -0.1) is 11.6 Å². The Labute approximate surface area is 453 Å². The van der Waals surface area contributed by atoms with E-state index in [4.69, 9.17) is 33.6 Å². The second-order valence-corrected chi connectivity index (χ2v) is 17.8. The molecule has 2 aromatic carbocycles. The first-order chi connectivity index (χ1) is 32.9. The number of anilines is 2. The van der Waals surface area contributed by atoms with Gasteiger partial charge in [-0.1, -0.05) is 68.1 Å². The third-order valence-electron chi connectivity index (χ3n) is 8.96. The minimum absolute atomic E-state index is 0. The van der Waals surface area contributed by atoms with Crippen LogP contribution in [0.1, 0.15) is 96.9 Å². The molecule has 2 atom stereocenters. The number of esters is 2. The Morgan fingerprint density at radius 1 is 0.704 bits per heavy atom. The minimum atomic E-state index is -0.892. The zero-order valence-electron chi connectivity index (χ0n) is 44.0. The molecule has 2 heterocycles. The fourth-order valence-corrected chi connectivity index (χ4v) is 6.11. The minimum Gasteiger partial charge on any atom is -0.481 e. The average molecular weight is 1240 g/mol. The van der Waals surface area contributed by atoms with E-state index in [9.17, 15) is 28.8 Å². The van der Waals surface area contributed by atoms with Gasteiger partial charge in [0.1, 0.15) is 34.3 Å². The number of benzene rings is 2. The molecule has 0 saturated heterocycles. The predicted molar refractivity (Wildman–Crippen MR) is 277 cm³/mol. The van der Waals surface area contributed by atoms with Gasteiger partial charge in [0.25, 0.3) is 0 Å². The second-order valence-electron chi connectivity index (χ2n) is 17.3. The number of hydrogen-bond donors (Lipinski definition) is 3. The van der Waals surface area contributed by atoms with Crippen LogP contribution in [0.2, 0.25) is 0 Å². The van der Waals surface area contributed by atoms with Crippen LogP contribution in [0.5, 0.6) is 0 Å². The smallest absolute Gasteiger partial charge is 0.416 e. The first-order valence-corrected chi connectivity index (χ1v) is 22.2. The summed E-state index contributed by atoms with van der Waals surface area (Å²) < 4.78 is 31.7. The largest absolute Gasteiger partial charge is 0.481 e.